The molecule has 1 aromatic carbocycles. The molecule has 0 saturated carbocycles. The van der Waals surface area contributed by atoms with Gasteiger partial charge in [0.25, 0.3) is 0 Å². The first-order valence-electron chi connectivity index (χ1n) is 10.2. The van der Waals surface area contributed by atoms with Gasteiger partial charge in [0.15, 0.2) is 0 Å². The van der Waals surface area contributed by atoms with Gasteiger partial charge in [0.05, 0.1) is 32.9 Å². The van der Waals surface area contributed by atoms with Crippen molar-refractivity contribution in [3.8, 4) is 0 Å². The van der Waals surface area contributed by atoms with Crippen LogP contribution in [-0.4, -0.2) is 20.6 Å². The summed E-state index contributed by atoms with van der Waals surface area (Å²) in [4.78, 5) is 0. The molecular weight excluding hydrogens is 542 g/mol. The van der Waals surface area contributed by atoms with Crippen molar-refractivity contribution in [3.05, 3.63) is 35.4 Å². The Labute approximate surface area is 186 Å². The van der Waals surface area contributed by atoms with Crippen molar-refractivity contribution in [1.29, 1.82) is 0 Å². The zero-order chi connectivity index (χ0) is 20.6. The molecular formula is C24H45IrP2+. The molecule has 1 radical (unpaired) electrons. The molecule has 1 aromatic rings. The van der Waals surface area contributed by atoms with Gasteiger partial charge in [-0.15, -0.1) is 11.1 Å². The molecule has 0 atom stereocenters. The van der Waals surface area contributed by atoms with Crippen LogP contribution in [0.3, 0.4) is 0 Å². The van der Waals surface area contributed by atoms with Crippen molar-refractivity contribution in [2.24, 2.45) is 0 Å². The summed E-state index contributed by atoms with van der Waals surface area (Å²) in [5.74, 6) is 0. The maximum atomic E-state index is 3.84. The Morgan fingerprint density at radius 1 is 0.593 bits per heavy atom. The fraction of sp³-hybridized carbons (Fsp3) is 0.750. The summed E-state index contributed by atoms with van der Waals surface area (Å²) < 4.78 is 0. The third-order valence-corrected chi connectivity index (χ3v) is 14.0. The number of hydrogen-bond donors (Lipinski definition) is 0. The predicted octanol–water partition coefficient (Wildman–Crippen LogP) is 8.11. The minimum atomic E-state index is -0.552. The molecule has 0 saturated heterocycles. The van der Waals surface area contributed by atoms with Gasteiger partial charge in [0.2, 0.25) is 0 Å². The molecule has 27 heavy (non-hydrogen) atoms. The molecule has 159 valence electrons. The van der Waals surface area contributed by atoms with Crippen molar-refractivity contribution in [3.63, 3.8) is 0 Å². The van der Waals surface area contributed by atoms with Gasteiger partial charge in [0.1, 0.15) is 0 Å². The molecule has 0 aliphatic carbocycles. The number of benzene rings is 1. The molecule has 0 aliphatic heterocycles. The van der Waals surface area contributed by atoms with Crippen LogP contribution in [0.4, 0.5) is 0 Å². The molecule has 0 aromatic heterocycles. The summed E-state index contributed by atoms with van der Waals surface area (Å²) in [6.07, 6.45) is 2.44. The van der Waals surface area contributed by atoms with E-state index >= 15 is 0 Å². The first kappa shape index (κ1) is 27.7. The van der Waals surface area contributed by atoms with Crippen LogP contribution in [0, 0.1) is 6.07 Å². The van der Waals surface area contributed by atoms with Crippen LogP contribution in [-0.2, 0) is 32.4 Å². The monoisotopic (exact) mass is 588 g/mol. The zero-order valence-electron chi connectivity index (χ0n) is 20.0. The van der Waals surface area contributed by atoms with Crippen molar-refractivity contribution in [2.45, 2.75) is 116 Å². The molecule has 0 spiro atoms. The van der Waals surface area contributed by atoms with E-state index in [4.69, 9.17) is 0 Å². The maximum Gasteiger partial charge on any atom is 0.0701 e. The third-order valence-electron chi connectivity index (χ3n) is 5.27. The Kier molecular flexibility index (Phi) is 9.95. The Bertz CT molecular complexity index is 503. The third kappa shape index (κ3) is 8.95. The summed E-state index contributed by atoms with van der Waals surface area (Å²) in [6, 6.07) is 10.7. The Morgan fingerprint density at radius 2 is 0.852 bits per heavy atom. The van der Waals surface area contributed by atoms with Gasteiger partial charge < -0.3 is 0 Å². The van der Waals surface area contributed by atoms with Crippen LogP contribution in [0.1, 0.15) is 94.2 Å². The summed E-state index contributed by atoms with van der Waals surface area (Å²) in [7, 11) is -1.10. The molecule has 0 aliphatic rings. The Morgan fingerprint density at radius 3 is 1.07 bits per heavy atom. The van der Waals surface area contributed by atoms with Crippen LogP contribution in [0.15, 0.2) is 18.2 Å². The van der Waals surface area contributed by atoms with Crippen molar-refractivity contribution in [1.82, 2.24) is 0 Å². The van der Waals surface area contributed by atoms with Gasteiger partial charge in [-0.3, -0.25) is 0 Å². The largest absolute Gasteiger partial charge is 0.172 e. The average Bonchev–Trinajstić information content (AvgIpc) is 2.37. The van der Waals surface area contributed by atoms with E-state index in [2.05, 4.69) is 107 Å². The van der Waals surface area contributed by atoms with Gasteiger partial charge >= 0.3 is 0 Å². The van der Waals surface area contributed by atoms with E-state index in [0.717, 1.165) is 0 Å². The molecule has 0 N–H and O–H groups in total. The second-order valence-corrected chi connectivity index (χ2v) is 20.6. The van der Waals surface area contributed by atoms with E-state index in [0.29, 0.717) is 20.6 Å². The Hall–Kier alpha value is 0.729. The fourth-order valence-corrected chi connectivity index (χ4v) is 12.3. The summed E-state index contributed by atoms with van der Waals surface area (Å²) >= 11 is 0. The molecule has 3 heteroatoms. The second-order valence-electron chi connectivity index (χ2n) is 12.0. The van der Waals surface area contributed by atoms with E-state index in [1.54, 1.807) is 0 Å². The van der Waals surface area contributed by atoms with Crippen LogP contribution < -0.4 is 0 Å². The minimum absolute atomic E-state index is 0. The zero-order valence-corrected chi connectivity index (χ0v) is 24.4. The van der Waals surface area contributed by atoms with Gasteiger partial charge in [0, 0.05) is 35.9 Å². The van der Waals surface area contributed by atoms with E-state index < -0.39 is 15.8 Å². The van der Waals surface area contributed by atoms with E-state index in [1.165, 1.54) is 23.5 Å². The van der Waals surface area contributed by atoms with Gasteiger partial charge in [-0.05, 0) is 83.1 Å². The van der Waals surface area contributed by atoms with Gasteiger partial charge in [-0.1, -0.05) is 0 Å². The SMILES string of the molecule is CC(C)(C)[PH+](Cc1[c-]c(C[PH+](C(C)(C)C)C(C)(C)C)ccc1)C(C)(C)C.[Ir]. The molecule has 0 heterocycles. The molecule has 0 fully saturated rings. The predicted molar refractivity (Wildman–Crippen MR) is 128 cm³/mol. The van der Waals surface area contributed by atoms with Crippen molar-refractivity contribution in [2.75, 3.05) is 0 Å². The van der Waals surface area contributed by atoms with E-state index in [9.17, 15) is 0 Å². The molecule has 0 bridgehead atoms. The molecule has 0 nitrogen and oxygen atoms in total. The van der Waals surface area contributed by atoms with Crippen LogP contribution >= 0.6 is 15.8 Å². The first-order chi connectivity index (χ1) is 11.4. The minimum Gasteiger partial charge on any atom is -0.172 e. The van der Waals surface area contributed by atoms with E-state index in [-0.39, 0.29) is 20.1 Å². The molecule has 0 amide bonds. The number of rotatable bonds is 4. The summed E-state index contributed by atoms with van der Waals surface area (Å²) in [5.41, 5.74) is 2.87. The van der Waals surface area contributed by atoms with Gasteiger partial charge in [-0.25, -0.2) is 0 Å². The van der Waals surface area contributed by atoms with Crippen molar-refractivity contribution >= 4 is 15.8 Å². The normalized spacial score (nSPS) is 13.9. The average molecular weight is 588 g/mol. The first-order valence-corrected chi connectivity index (χ1v) is 13.6. The van der Waals surface area contributed by atoms with Crippen LogP contribution in [0.25, 0.3) is 0 Å². The fourth-order valence-electron chi connectivity index (χ4n) is 4.47. The number of hydrogen-bond acceptors (Lipinski definition) is 0. The van der Waals surface area contributed by atoms with Crippen molar-refractivity contribution < 1.29 is 20.1 Å². The summed E-state index contributed by atoms with van der Waals surface area (Å²) in [5, 5.41) is 1.61. The van der Waals surface area contributed by atoms with Gasteiger partial charge in [-0.2, -0.15) is 24.3 Å². The van der Waals surface area contributed by atoms with E-state index in [1.807, 2.05) is 0 Å². The quantitative estimate of drug-likeness (QED) is 0.247. The topological polar surface area (TPSA) is 0 Å². The smallest absolute Gasteiger partial charge is 0.0701 e. The summed E-state index contributed by atoms with van der Waals surface area (Å²) in [6.45, 7) is 29.1. The standard InChI is InChI=1S/C24H43P2.Ir/c1-21(2,3)25(22(4,5)6)17-19-14-13-15-20(16-19)18-26(23(7,8)9)24(10,11)12;/h13-15H,17-18H2,1-12H3;/q-1;/p+2. The molecule has 1 rings (SSSR count). The van der Waals surface area contributed by atoms with Crippen LogP contribution in [0.5, 0.6) is 0 Å². The maximum absolute atomic E-state index is 3.84. The van der Waals surface area contributed by atoms with Crippen LogP contribution in [0.2, 0.25) is 0 Å². The second kappa shape index (κ2) is 9.69. The molecule has 0 unspecified atom stereocenters. The Balaban J connectivity index is 0.00000676.